The van der Waals surface area contributed by atoms with Gasteiger partial charge in [-0.3, -0.25) is 14.9 Å². The number of anilines is 1. The first kappa shape index (κ1) is 14.9. The maximum absolute atomic E-state index is 11.8. The van der Waals surface area contributed by atoms with Crippen molar-refractivity contribution >= 4 is 17.3 Å². The molecule has 1 atom stereocenters. The Kier molecular flexibility index (Phi) is 5.25. The highest BCUT2D eigenvalue weighted by Crippen LogP contribution is 2.22. The molecule has 19 heavy (non-hydrogen) atoms. The zero-order valence-electron chi connectivity index (χ0n) is 11.0. The Bertz CT molecular complexity index is 476. The van der Waals surface area contributed by atoms with Crippen LogP contribution < -0.4 is 16.4 Å². The third kappa shape index (κ3) is 4.22. The predicted octanol–water partition coefficient (Wildman–Crippen LogP) is 0.905. The summed E-state index contributed by atoms with van der Waals surface area (Å²) in [5, 5.41) is 16.6. The Morgan fingerprint density at radius 3 is 2.79 bits per heavy atom. The van der Waals surface area contributed by atoms with Gasteiger partial charge in [0.05, 0.1) is 4.92 Å². The van der Waals surface area contributed by atoms with Crippen molar-refractivity contribution in [2.75, 3.05) is 18.8 Å². The molecule has 0 bridgehead atoms. The van der Waals surface area contributed by atoms with Crippen molar-refractivity contribution in [3.63, 3.8) is 0 Å². The zero-order chi connectivity index (χ0) is 14.4. The van der Waals surface area contributed by atoms with Crippen LogP contribution >= 0.6 is 0 Å². The number of likely N-dealkylation sites (N-methyl/N-ethyl adjacent to an activating group) is 1. The molecule has 0 aliphatic heterocycles. The fourth-order valence-corrected chi connectivity index (χ4v) is 1.61. The second-order valence-corrected chi connectivity index (χ2v) is 4.20. The molecule has 0 aromatic heterocycles. The molecule has 0 saturated heterocycles. The second kappa shape index (κ2) is 6.69. The minimum Gasteiger partial charge on any atom is -0.393 e. The van der Waals surface area contributed by atoms with E-state index < -0.39 is 4.92 Å². The standard InChI is InChI=1S/C12H18N4O3/c1-3-14-8(2)7-15-12(17)9-4-5-10(13)11(6-9)16(18)19/h4-6,8,14H,3,7,13H2,1-2H3,(H,15,17)/t8-/m1/s1. The Labute approximate surface area is 111 Å². The summed E-state index contributed by atoms with van der Waals surface area (Å²) in [4.78, 5) is 22.0. The first-order valence-electron chi connectivity index (χ1n) is 6.01. The molecule has 1 amide bonds. The molecule has 0 aliphatic rings. The fourth-order valence-electron chi connectivity index (χ4n) is 1.61. The molecule has 1 aromatic rings. The van der Waals surface area contributed by atoms with Gasteiger partial charge in [0.1, 0.15) is 5.69 Å². The maximum Gasteiger partial charge on any atom is 0.292 e. The van der Waals surface area contributed by atoms with Gasteiger partial charge in [0.15, 0.2) is 0 Å². The first-order chi connectivity index (χ1) is 8.95. The third-order valence-corrected chi connectivity index (χ3v) is 2.61. The van der Waals surface area contributed by atoms with E-state index in [-0.39, 0.29) is 28.9 Å². The summed E-state index contributed by atoms with van der Waals surface area (Å²) in [5.41, 5.74) is 5.48. The van der Waals surface area contributed by atoms with Gasteiger partial charge < -0.3 is 16.4 Å². The van der Waals surface area contributed by atoms with Gasteiger partial charge >= 0.3 is 0 Å². The number of hydrogen-bond donors (Lipinski definition) is 3. The van der Waals surface area contributed by atoms with Crippen molar-refractivity contribution in [3.8, 4) is 0 Å². The number of hydrogen-bond acceptors (Lipinski definition) is 5. The van der Waals surface area contributed by atoms with Crippen molar-refractivity contribution in [2.24, 2.45) is 0 Å². The van der Waals surface area contributed by atoms with E-state index in [0.29, 0.717) is 6.54 Å². The highest BCUT2D eigenvalue weighted by atomic mass is 16.6. The van der Waals surface area contributed by atoms with Crippen LogP contribution in [0.15, 0.2) is 18.2 Å². The van der Waals surface area contributed by atoms with Gasteiger partial charge in [-0.05, 0) is 25.6 Å². The van der Waals surface area contributed by atoms with E-state index in [2.05, 4.69) is 10.6 Å². The quantitative estimate of drug-likeness (QED) is 0.402. The molecule has 0 radical (unpaired) electrons. The predicted molar refractivity (Wildman–Crippen MR) is 73.0 cm³/mol. The van der Waals surface area contributed by atoms with Crippen molar-refractivity contribution < 1.29 is 9.72 Å². The summed E-state index contributed by atoms with van der Waals surface area (Å²) in [7, 11) is 0. The van der Waals surface area contributed by atoms with E-state index in [1.807, 2.05) is 13.8 Å². The molecule has 104 valence electrons. The summed E-state index contributed by atoms with van der Waals surface area (Å²) in [5.74, 6) is -0.354. The number of nitrogens with two attached hydrogens (primary N) is 1. The van der Waals surface area contributed by atoms with E-state index >= 15 is 0 Å². The number of rotatable bonds is 6. The Morgan fingerprint density at radius 2 is 2.21 bits per heavy atom. The minimum absolute atomic E-state index is 0.0440. The van der Waals surface area contributed by atoms with Gasteiger partial charge in [-0.15, -0.1) is 0 Å². The van der Waals surface area contributed by atoms with Crippen LogP contribution in [0.1, 0.15) is 24.2 Å². The van der Waals surface area contributed by atoms with Crippen LogP contribution in [0.25, 0.3) is 0 Å². The van der Waals surface area contributed by atoms with Crippen molar-refractivity contribution in [2.45, 2.75) is 19.9 Å². The number of carbonyl (C=O) groups is 1. The number of carbonyl (C=O) groups excluding carboxylic acids is 1. The van der Waals surface area contributed by atoms with Gasteiger partial charge in [-0.1, -0.05) is 6.92 Å². The van der Waals surface area contributed by atoms with Crippen LogP contribution in [-0.2, 0) is 0 Å². The number of nitro groups is 1. The largest absolute Gasteiger partial charge is 0.393 e. The number of nitrogens with one attached hydrogen (secondary N) is 2. The Balaban J connectivity index is 2.72. The molecule has 0 fully saturated rings. The van der Waals surface area contributed by atoms with Crippen LogP contribution in [0.2, 0.25) is 0 Å². The number of nitro benzene ring substituents is 1. The highest BCUT2D eigenvalue weighted by molar-refractivity contribution is 5.95. The lowest BCUT2D eigenvalue weighted by Crippen LogP contribution is -2.38. The van der Waals surface area contributed by atoms with Crippen molar-refractivity contribution in [1.29, 1.82) is 0 Å². The molecule has 7 nitrogen and oxygen atoms in total. The molecule has 0 heterocycles. The van der Waals surface area contributed by atoms with E-state index in [1.165, 1.54) is 18.2 Å². The molecule has 1 rings (SSSR count). The molecule has 1 aromatic carbocycles. The topological polar surface area (TPSA) is 110 Å². The van der Waals surface area contributed by atoms with Crippen LogP contribution in [0.4, 0.5) is 11.4 Å². The SMILES string of the molecule is CCN[C@H](C)CNC(=O)c1ccc(N)c([N+](=O)[O-])c1. The van der Waals surface area contributed by atoms with Gasteiger partial charge in [-0.2, -0.15) is 0 Å². The minimum atomic E-state index is -0.604. The lowest BCUT2D eigenvalue weighted by atomic mass is 10.1. The Hall–Kier alpha value is -2.15. The zero-order valence-corrected chi connectivity index (χ0v) is 11.0. The molecule has 4 N–H and O–H groups in total. The summed E-state index contributed by atoms with van der Waals surface area (Å²) < 4.78 is 0. The van der Waals surface area contributed by atoms with Crippen LogP contribution in [0, 0.1) is 10.1 Å². The number of amides is 1. The van der Waals surface area contributed by atoms with Gasteiger partial charge in [0, 0.05) is 24.2 Å². The van der Waals surface area contributed by atoms with Crippen molar-refractivity contribution in [3.05, 3.63) is 33.9 Å². The Morgan fingerprint density at radius 1 is 1.53 bits per heavy atom. The molecule has 0 unspecified atom stereocenters. The van der Waals surface area contributed by atoms with Gasteiger partial charge in [0.25, 0.3) is 11.6 Å². The van der Waals surface area contributed by atoms with E-state index in [9.17, 15) is 14.9 Å². The maximum atomic E-state index is 11.8. The average molecular weight is 266 g/mol. The number of nitrogen functional groups attached to an aromatic ring is 1. The van der Waals surface area contributed by atoms with E-state index in [1.54, 1.807) is 0 Å². The summed E-state index contributed by atoms with van der Waals surface area (Å²) in [6, 6.07) is 4.15. The third-order valence-electron chi connectivity index (χ3n) is 2.61. The van der Waals surface area contributed by atoms with Crippen LogP contribution in [0.3, 0.4) is 0 Å². The van der Waals surface area contributed by atoms with Gasteiger partial charge in [0.2, 0.25) is 0 Å². The second-order valence-electron chi connectivity index (χ2n) is 4.20. The molecule has 7 heteroatoms. The molecular weight excluding hydrogens is 248 g/mol. The summed E-state index contributed by atoms with van der Waals surface area (Å²) >= 11 is 0. The lowest BCUT2D eigenvalue weighted by molar-refractivity contribution is -0.383. The highest BCUT2D eigenvalue weighted by Gasteiger charge is 2.15. The van der Waals surface area contributed by atoms with E-state index in [0.717, 1.165) is 6.54 Å². The molecule has 0 aliphatic carbocycles. The average Bonchev–Trinajstić information content (AvgIpc) is 2.36. The monoisotopic (exact) mass is 266 g/mol. The van der Waals surface area contributed by atoms with Crippen molar-refractivity contribution in [1.82, 2.24) is 10.6 Å². The van der Waals surface area contributed by atoms with Crippen LogP contribution in [-0.4, -0.2) is 30.0 Å². The van der Waals surface area contributed by atoms with Gasteiger partial charge in [-0.25, -0.2) is 0 Å². The summed E-state index contributed by atoms with van der Waals surface area (Å²) in [6.45, 7) is 5.17. The molecule has 0 saturated carbocycles. The first-order valence-corrected chi connectivity index (χ1v) is 6.01. The van der Waals surface area contributed by atoms with E-state index in [4.69, 9.17) is 5.73 Å². The molecule has 0 spiro atoms. The van der Waals surface area contributed by atoms with Crippen LogP contribution in [0.5, 0.6) is 0 Å². The summed E-state index contributed by atoms with van der Waals surface area (Å²) in [6.07, 6.45) is 0. The molecular formula is C12H18N4O3. The normalized spacial score (nSPS) is 11.9. The lowest BCUT2D eigenvalue weighted by Gasteiger charge is -2.13. The fraction of sp³-hybridized carbons (Fsp3) is 0.417. The number of benzene rings is 1. The smallest absolute Gasteiger partial charge is 0.292 e. The number of nitrogens with zero attached hydrogens (tertiary/aromatic N) is 1.